The molecule has 4 aromatic carbocycles. The van der Waals surface area contributed by atoms with E-state index in [2.05, 4.69) is 16.0 Å². The minimum atomic E-state index is -0.563. The lowest BCUT2D eigenvalue weighted by Crippen LogP contribution is -2.30. The molecule has 1 atom stereocenters. The third-order valence-electron chi connectivity index (χ3n) is 6.27. The molecule has 4 rings (SSSR count). The van der Waals surface area contributed by atoms with E-state index in [1.165, 1.54) is 24.9 Å². The van der Waals surface area contributed by atoms with Crippen LogP contribution < -0.4 is 25.4 Å². The quantitative estimate of drug-likeness (QED) is 0.114. The smallest absolute Gasteiger partial charge is 0.272 e. The maximum Gasteiger partial charge on any atom is 0.272 e. The Morgan fingerprint density at radius 2 is 1.57 bits per heavy atom. The van der Waals surface area contributed by atoms with Crippen LogP contribution in [0.4, 0.5) is 11.4 Å². The number of carbonyl (C=O) groups is 3. The number of halogens is 2. The number of anilines is 2. The van der Waals surface area contributed by atoms with Crippen LogP contribution >= 0.6 is 35.0 Å². The number of nitrogens with one attached hydrogen (secondary N) is 3. The number of thioether (sulfide) groups is 1. The van der Waals surface area contributed by atoms with Crippen LogP contribution in [-0.4, -0.2) is 37.2 Å². The first-order chi connectivity index (χ1) is 21.2. The molecule has 0 bridgehead atoms. The van der Waals surface area contributed by atoms with Crippen molar-refractivity contribution in [3.63, 3.8) is 0 Å². The Bertz CT molecular complexity index is 1680. The SMILES string of the molecule is COc1ccc(NC(=O)C(C)Sc2ccc(NC(=O)/C(=C/c3cccc(Cl)c3Cl)NC(=O)c3ccccc3)cc2)c(OC)c1. The maximum absolute atomic E-state index is 13.4. The first-order valence-electron chi connectivity index (χ1n) is 13.3. The molecule has 0 aliphatic carbocycles. The van der Waals surface area contributed by atoms with E-state index in [0.29, 0.717) is 39.0 Å². The van der Waals surface area contributed by atoms with Crippen molar-refractivity contribution in [3.05, 3.63) is 118 Å². The number of amides is 3. The van der Waals surface area contributed by atoms with Gasteiger partial charge >= 0.3 is 0 Å². The molecule has 0 aliphatic rings. The highest BCUT2D eigenvalue weighted by molar-refractivity contribution is 8.00. The summed E-state index contributed by atoms with van der Waals surface area (Å²) in [6.45, 7) is 1.79. The minimum absolute atomic E-state index is 0.0271. The summed E-state index contributed by atoms with van der Waals surface area (Å²) in [5.41, 5.74) is 1.83. The number of methoxy groups -OCH3 is 2. The highest BCUT2D eigenvalue weighted by atomic mass is 35.5. The highest BCUT2D eigenvalue weighted by Crippen LogP contribution is 2.31. The lowest BCUT2D eigenvalue weighted by molar-refractivity contribution is -0.115. The first-order valence-corrected chi connectivity index (χ1v) is 14.9. The Balaban J connectivity index is 1.45. The van der Waals surface area contributed by atoms with Crippen LogP contribution in [0.5, 0.6) is 11.5 Å². The predicted molar refractivity (Wildman–Crippen MR) is 177 cm³/mol. The zero-order valence-corrected chi connectivity index (χ0v) is 26.3. The molecule has 0 saturated heterocycles. The monoisotopic (exact) mass is 649 g/mol. The van der Waals surface area contributed by atoms with Crippen LogP contribution in [0.2, 0.25) is 10.0 Å². The molecule has 4 aromatic rings. The fourth-order valence-electron chi connectivity index (χ4n) is 3.94. The van der Waals surface area contributed by atoms with Crippen LogP contribution in [0.25, 0.3) is 6.08 Å². The number of rotatable bonds is 11. The van der Waals surface area contributed by atoms with Gasteiger partial charge in [-0.25, -0.2) is 0 Å². The molecule has 3 amide bonds. The van der Waals surface area contributed by atoms with Crippen molar-refractivity contribution in [1.82, 2.24) is 5.32 Å². The van der Waals surface area contributed by atoms with Gasteiger partial charge in [-0.1, -0.05) is 53.5 Å². The number of benzene rings is 4. The van der Waals surface area contributed by atoms with E-state index in [1.807, 2.05) is 0 Å². The van der Waals surface area contributed by atoms with Crippen molar-refractivity contribution in [1.29, 1.82) is 0 Å². The van der Waals surface area contributed by atoms with Crippen LogP contribution in [0.15, 0.2) is 102 Å². The largest absolute Gasteiger partial charge is 0.497 e. The number of hydrogen-bond acceptors (Lipinski definition) is 6. The van der Waals surface area contributed by atoms with Gasteiger partial charge in [-0.15, -0.1) is 11.8 Å². The van der Waals surface area contributed by atoms with Crippen molar-refractivity contribution < 1.29 is 23.9 Å². The molecule has 0 radical (unpaired) electrons. The van der Waals surface area contributed by atoms with Crippen molar-refractivity contribution in [2.75, 3.05) is 24.9 Å². The number of hydrogen-bond donors (Lipinski definition) is 3. The molecule has 0 saturated carbocycles. The highest BCUT2D eigenvalue weighted by Gasteiger charge is 2.19. The molecule has 44 heavy (non-hydrogen) atoms. The van der Waals surface area contributed by atoms with E-state index in [0.717, 1.165) is 4.90 Å². The van der Waals surface area contributed by atoms with Crippen LogP contribution in [0.3, 0.4) is 0 Å². The van der Waals surface area contributed by atoms with Gasteiger partial charge in [-0.3, -0.25) is 14.4 Å². The lowest BCUT2D eigenvalue weighted by atomic mass is 10.1. The zero-order chi connectivity index (χ0) is 31.6. The van der Waals surface area contributed by atoms with Gasteiger partial charge in [0.1, 0.15) is 17.2 Å². The standard InChI is InChI=1S/C33H29Cl2N3O5S/c1-20(31(39)37-27-17-14-24(42-2)19-29(27)43-3)44-25-15-12-23(13-16-25)36-33(41)28(18-22-10-7-11-26(34)30(22)35)38-32(40)21-8-5-4-6-9-21/h4-20H,1-3H3,(H,36,41)(H,37,39)(H,38,40)/b28-18-. The molecular formula is C33H29Cl2N3O5S. The Morgan fingerprint density at radius 1 is 0.841 bits per heavy atom. The third-order valence-corrected chi connectivity index (χ3v) is 8.22. The second kappa shape index (κ2) is 15.3. The first kappa shape index (κ1) is 32.5. The second-order valence-electron chi connectivity index (χ2n) is 9.32. The van der Waals surface area contributed by atoms with E-state index < -0.39 is 17.1 Å². The average molecular weight is 651 g/mol. The summed E-state index contributed by atoms with van der Waals surface area (Å²) in [6.07, 6.45) is 1.46. The predicted octanol–water partition coefficient (Wildman–Crippen LogP) is 7.54. The van der Waals surface area contributed by atoms with Crippen molar-refractivity contribution >= 4 is 70.1 Å². The summed E-state index contributed by atoms with van der Waals surface area (Å²) in [4.78, 5) is 39.9. The van der Waals surface area contributed by atoms with Gasteiger partial charge in [0, 0.05) is 22.2 Å². The minimum Gasteiger partial charge on any atom is -0.497 e. The summed E-state index contributed by atoms with van der Waals surface area (Å²) in [6, 6.07) is 25.7. The number of ether oxygens (including phenoxy) is 2. The molecule has 11 heteroatoms. The molecular weight excluding hydrogens is 621 g/mol. The van der Waals surface area contributed by atoms with E-state index in [1.54, 1.807) is 105 Å². The van der Waals surface area contributed by atoms with Gasteiger partial charge in [0.25, 0.3) is 11.8 Å². The molecule has 0 aromatic heterocycles. The normalized spacial score (nSPS) is 11.7. The van der Waals surface area contributed by atoms with E-state index in [4.69, 9.17) is 32.7 Å². The number of carbonyl (C=O) groups excluding carboxylic acids is 3. The maximum atomic E-state index is 13.4. The van der Waals surface area contributed by atoms with Gasteiger partial charge in [-0.05, 0) is 73.2 Å². The van der Waals surface area contributed by atoms with E-state index >= 15 is 0 Å². The second-order valence-corrected chi connectivity index (χ2v) is 11.5. The summed E-state index contributed by atoms with van der Waals surface area (Å²) < 4.78 is 10.6. The molecule has 1 unspecified atom stereocenters. The van der Waals surface area contributed by atoms with Gasteiger partial charge in [0.15, 0.2) is 0 Å². The summed E-state index contributed by atoms with van der Waals surface area (Å²) in [5, 5.41) is 8.48. The van der Waals surface area contributed by atoms with E-state index in [9.17, 15) is 14.4 Å². The van der Waals surface area contributed by atoms with Gasteiger partial charge in [0.05, 0.1) is 35.2 Å². The molecule has 3 N–H and O–H groups in total. The molecule has 0 aliphatic heterocycles. The molecule has 8 nitrogen and oxygen atoms in total. The van der Waals surface area contributed by atoms with Crippen molar-refractivity contribution in [3.8, 4) is 11.5 Å². The summed E-state index contributed by atoms with van der Waals surface area (Å²) in [7, 11) is 3.07. The molecule has 0 fully saturated rings. The van der Waals surface area contributed by atoms with Crippen molar-refractivity contribution in [2.45, 2.75) is 17.1 Å². The van der Waals surface area contributed by atoms with Crippen LogP contribution in [-0.2, 0) is 9.59 Å². The topological polar surface area (TPSA) is 106 Å². The molecule has 0 heterocycles. The van der Waals surface area contributed by atoms with Crippen LogP contribution in [0.1, 0.15) is 22.8 Å². The molecule has 0 spiro atoms. The third kappa shape index (κ3) is 8.57. The fourth-order valence-corrected chi connectivity index (χ4v) is 5.17. The Hall–Kier alpha value is -4.44. The van der Waals surface area contributed by atoms with Gasteiger partial charge < -0.3 is 25.4 Å². The van der Waals surface area contributed by atoms with E-state index in [-0.39, 0.29) is 16.6 Å². The molecule has 226 valence electrons. The lowest BCUT2D eigenvalue weighted by Gasteiger charge is -2.15. The van der Waals surface area contributed by atoms with Gasteiger partial charge in [0.2, 0.25) is 5.91 Å². The Kier molecular flexibility index (Phi) is 11.3. The fraction of sp³-hybridized carbons (Fsp3) is 0.121. The summed E-state index contributed by atoms with van der Waals surface area (Å²) in [5.74, 6) is -0.132. The zero-order valence-electron chi connectivity index (χ0n) is 24.0. The summed E-state index contributed by atoms with van der Waals surface area (Å²) >= 11 is 13.9. The Morgan fingerprint density at radius 3 is 2.25 bits per heavy atom. The van der Waals surface area contributed by atoms with Gasteiger partial charge in [-0.2, -0.15) is 0 Å². The average Bonchev–Trinajstić information content (AvgIpc) is 3.04. The van der Waals surface area contributed by atoms with Crippen LogP contribution in [0, 0.1) is 0 Å². The van der Waals surface area contributed by atoms with Crippen molar-refractivity contribution in [2.24, 2.45) is 0 Å². The Labute approximate surface area is 269 Å².